The summed E-state index contributed by atoms with van der Waals surface area (Å²) in [6, 6.07) is 3.68. The van der Waals surface area contributed by atoms with Crippen LogP contribution in [0.4, 0.5) is 0 Å². The van der Waals surface area contributed by atoms with Gasteiger partial charge in [0.1, 0.15) is 0 Å². The lowest BCUT2D eigenvalue weighted by atomic mass is 9.75. The number of carbonyl (C=O) groups is 1. The van der Waals surface area contributed by atoms with Crippen molar-refractivity contribution in [3.05, 3.63) is 34.9 Å². The Balaban J connectivity index is 2.56. The molecule has 0 aliphatic heterocycles. The van der Waals surface area contributed by atoms with Crippen molar-refractivity contribution in [2.45, 2.75) is 46.1 Å². The second kappa shape index (κ2) is 10.7. The van der Waals surface area contributed by atoms with Crippen molar-refractivity contribution in [3.63, 3.8) is 0 Å². The highest BCUT2D eigenvalue weighted by molar-refractivity contribution is 5.94. The van der Waals surface area contributed by atoms with Gasteiger partial charge in [-0.3, -0.25) is 0 Å². The number of benzene rings is 2. The highest BCUT2D eigenvalue weighted by Crippen LogP contribution is 2.56. The quantitative estimate of drug-likeness (QED) is 0.331. The summed E-state index contributed by atoms with van der Waals surface area (Å²) in [5, 5.41) is 11.5. The summed E-state index contributed by atoms with van der Waals surface area (Å²) in [5.41, 5.74) is 2.17. The van der Waals surface area contributed by atoms with Gasteiger partial charge in [0.05, 0.1) is 41.2 Å². The maximum atomic E-state index is 13.0. The molecule has 0 saturated heterocycles. The predicted molar refractivity (Wildman–Crippen MR) is 137 cm³/mol. The Labute approximate surface area is 212 Å². The third-order valence-electron chi connectivity index (χ3n) is 6.96. The molecule has 8 heteroatoms. The Morgan fingerprint density at radius 3 is 1.89 bits per heavy atom. The Bertz CT molecular complexity index is 1180. The number of rotatable bonds is 7. The van der Waals surface area contributed by atoms with Crippen molar-refractivity contribution >= 4 is 5.97 Å². The molecule has 0 radical (unpaired) electrons. The molecule has 2 aromatic rings. The standard InChI is InChI=1S/C28H36O8/c1-10-15(2)27(29)36-26-21-17(12-19(31-5)24(26)34-8)11-16(3)28(4,30)14-18-13-20(32-6)23(33-7)25(35-9)22(18)21/h10,12-13,16,30H,11,14H2,1-9H3/b15-10-/t16?,28-/m0/s1. The number of hydrogen-bond donors (Lipinski definition) is 1. The van der Waals surface area contributed by atoms with Crippen LogP contribution in [0.1, 0.15) is 38.8 Å². The van der Waals surface area contributed by atoms with Crippen LogP contribution < -0.4 is 28.4 Å². The van der Waals surface area contributed by atoms with Crippen molar-refractivity contribution in [2.24, 2.45) is 5.92 Å². The molecule has 0 spiro atoms. The van der Waals surface area contributed by atoms with Gasteiger partial charge in [-0.25, -0.2) is 4.79 Å². The fourth-order valence-corrected chi connectivity index (χ4v) is 4.57. The molecule has 0 saturated carbocycles. The predicted octanol–water partition coefficient (Wildman–Crippen LogP) is 4.75. The van der Waals surface area contributed by atoms with Crippen LogP contribution in [0, 0.1) is 5.92 Å². The third kappa shape index (κ3) is 4.69. The second-order valence-electron chi connectivity index (χ2n) is 9.16. The second-order valence-corrected chi connectivity index (χ2v) is 9.16. The van der Waals surface area contributed by atoms with Crippen LogP contribution in [-0.4, -0.2) is 52.2 Å². The van der Waals surface area contributed by atoms with E-state index in [1.807, 2.05) is 26.0 Å². The van der Waals surface area contributed by atoms with Crippen molar-refractivity contribution in [1.29, 1.82) is 0 Å². The van der Waals surface area contributed by atoms with Crippen molar-refractivity contribution in [2.75, 3.05) is 35.5 Å². The Kier molecular flexibility index (Phi) is 8.09. The van der Waals surface area contributed by atoms with Crippen molar-refractivity contribution < 1.29 is 38.3 Å². The molecule has 2 atom stereocenters. The molecule has 2 aromatic carbocycles. The van der Waals surface area contributed by atoms with E-state index < -0.39 is 11.6 Å². The van der Waals surface area contributed by atoms with Crippen LogP contribution in [0.5, 0.6) is 34.5 Å². The van der Waals surface area contributed by atoms with Gasteiger partial charge in [0.15, 0.2) is 23.0 Å². The van der Waals surface area contributed by atoms with Gasteiger partial charge in [0, 0.05) is 23.1 Å². The topological polar surface area (TPSA) is 92.7 Å². The zero-order chi connectivity index (χ0) is 26.8. The average Bonchev–Trinajstić information content (AvgIpc) is 2.86. The van der Waals surface area contributed by atoms with Crippen molar-refractivity contribution in [3.8, 4) is 45.6 Å². The first-order valence-corrected chi connectivity index (χ1v) is 11.8. The van der Waals surface area contributed by atoms with Crippen LogP contribution in [-0.2, 0) is 17.6 Å². The van der Waals surface area contributed by atoms with Gasteiger partial charge in [-0.1, -0.05) is 13.0 Å². The summed E-state index contributed by atoms with van der Waals surface area (Å²) in [6.45, 7) is 7.25. The number of carbonyl (C=O) groups excluding carboxylic acids is 1. The van der Waals surface area contributed by atoms with E-state index in [0.29, 0.717) is 52.5 Å². The molecule has 0 heterocycles. The number of allylic oxidation sites excluding steroid dienone is 1. The first kappa shape index (κ1) is 27.2. The van der Waals surface area contributed by atoms with Gasteiger partial charge in [-0.15, -0.1) is 0 Å². The zero-order valence-corrected chi connectivity index (χ0v) is 22.5. The number of methoxy groups -OCH3 is 5. The molecular weight excluding hydrogens is 464 g/mol. The van der Waals surface area contributed by atoms with E-state index >= 15 is 0 Å². The van der Waals surface area contributed by atoms with Crippen LogP contribution >= 0.6 is 0 Å². The van der Waals surface area contributed by atoms with Gasteiger partial charge < -0.3 is 33.5 Å². The Morgan fingerprint density at radius 2 is 1.39 bits per heavy atom. The summed E-state index contributed by atoms with van der Waals surface area (Å²) < 4.78 is 34.5. The first-order chi connectivity index (χ1) is 17.1. The van der Waals surface area contributed by atoms with Crippen LogP contribution in [0.15, 0.2) is 23.8 Å². The van der Waals surface area contributed by atoms with Gasteiger partial charge in [-0.2, -0.15) is 0 Å². The van der Waals surface area contributed by atoms with Gasteiger partial charge in [0.25, 0.3) is 0 Å². The normalized spacial score (nSPS) is 19.3. The molecule has 0 bridgehead atoms. The zero-order valence-electron chi connectivity index (χ0n) is 22.5. The fraction of sp³-hybridized carbons (Fsp3) is 0.464. The Morgan fingerprint density at radius 1 is 0.889 bits per heavy atom. The van der Waals surface area contributed by atoms with Gasteiger partial charge in [0.2, 0.25) is 11.5 Å². The van der Waals surface area contributed by atoms with E-state index in [9.17, 15) is 9.90 Å². The highest BCUT2D eigenvalue weighted by Gasteiger charge is 2.38. The summed E-state index contributed by atoms with van der Waals surface area (Å²) >= 11 is 0. The van der Waals surface area contributed by atoms with Crippen molar-refractivity contribution in [1.82, 2.24) is 0 Å². The minimum absolute atomic E-state index is 0.151. The minimum Gasteiger partial charge on any atom is -0.493 e. The summed E-state index contributed by atoms with van der Waals surface area (Å²) in [5.74, 6) is 1.46. The average molecular weight is 501 g/mol. The molecule has 0 amide bonds. The molecule has 1 unspecified atom stereocenters. The maximum absolute atomic E-state index is 13.0. The number of aliphatic hydroxyl groups is 1. The highest BCUT2D eigenvalue weighted by atomic mass is 16.6. The summed E-state index contributed by atoms with van der Waals surface area (Å²) in [4.78, 5) is 13.0. The minimum atomic E-state index is -1.05. The van der Waals surface area contributed by atoms with Gasteiger partial charge >= 0.3 is 5.97 Å². The van der Waals surface area contributed by atoms with Crippen LogP contribution in [0.25, 0.3) is 11.1 Å². The molecule has 1 aliphatic carbocycles. The largest absolute Gasteiger partial charge is 0.493 e. The number of ether oxygens (including phenoxy) is 6. The van der Waals surface area contributed by atoms with Gasteiger partial charge in [-0.05, 0) is 56.4 Å². The monoisotopic (exact) mass is 500 g/mol. The smallest absolute Gasteiger partial charge is 0.338 e. The lowest BCUT2D eigenvalue weighted by Gasteiger charge is -2.36. The summed E-state index contributed by atoms with van der Waals surface area (Å²) in [7, 11) is 7.63. The fourth-order valence-electron chi connectivity index (χ4n) is 4.57. The number of esters is 1. The molecule has 3 rings (SSSR count). The molecule has 1 N–H and O–H groups in total. The third-order valence-corrected chi connectivity index (χ3v) is 6.96. The molecule has 0 fully saturated rings. The van der Waals surface area contributed by atoms with E-state index in [0.717, 1.165) is 11.1 Å². The lowest BCUT2D eigenvalue weighted by molar-refractivity contribution is -0.130. The molecule has 1 aliphatic rings. The van der Waals surface area contributed by atoms with Crippen LogP contribution in [0.2, 0.25) is 0 Å². The maximum Gasteiger partial charge on any atom is 0.338 e. The van der Waals surface area contributed by atoms with Crippen LogP contribution in [0.3, 0.4) is 0 Å². The van der Waals surface area contributed by atoms with E-state index in [-0.39, 0.29) is 17.4 Å². The molecule has 36 heavy (non-hydrogen) atoms. The first-order valence-electron chi connectivity index (χ1n) is 11.8. The van der Waals surface area contributed by atoms with E-state index in [2.05, 4.69) is 0 Å². The molecule has 196 valence electrons. The number of hydrogen-bond acceptors (Lipinski definition) is 8. The molecule has 0 aromatic heterocycles. The summed E-state index contributed by atoms with van der Waals surface area (Å²) in [6.07, 6.45) is 2.46. The van der Waals surface area contributed by atoms with E-state index in [1.165, 1.54) is 28.4 Å². The number of fused-ring (bicyclic) bond motifs is 3. The van der Waals surface area contributed by atoms with E-state index in [1.54, 1.807) is 27.0 Å². The molecule has 8 nitrogen and oxygen atoms in total. The SMILES string of the molecule is C/C=C(/C)C(=O)Oc1c(OC)c(OC)cc2c1-c1c(cc(OC)c(OC)c1OC)C[C@](C)(O)C(C)C2. The van der Waals surface area contributed by atoms with E-state index in [4.69, 9.17) is 28.4 Å². The Hall–Kier alpha value is -3.39. The lowest BCUT2D eigenvalue weighted by Crippen LogP contribution is -2.37. The molecular formula is C28H36O8.